The number of thioether (sulfide) groups is 2. The SMILES string of the molecule is CSCC(C)(C#N)NC(=O)C(Oc1ccc2ncc(C#C[Si](C)(C)C)cc2c1)SC. The third-order valence-electron chi connectivity index (χ3n) is 3.98. The third kappa shape index (κ3) is 6.98. The second-order valence-corrected chi connectivity index (χ2v) is 14.6. The van der Waals surface area contributed by atoms with E-state index in [2.05, 4.69) is 47.5 Å². The second kappa shape index (κ2) is 10.3. The average molecular weight is 458 g/mol. The minimum Gasteiger partial charge on any atom is -0.470 e. The summed E-state index contributed by atoms with van der Waals surface area (Å²) in [6.07, 6.45) is 5.48. The number of aromatic nitrogens is 1. The van der Waals surface area contributed by atoms with Crippen molar-refractivity contribution in [1.82, 2.24) is 10.3 Å². The Morgan fingerprint density at radius 3 is 2.67 bits per heavy atom. The van der Waals surface area contributed by atoms with Crippen LogP contribution in [0.3, 0.4) is 0 Å². The lowest BCUT2D eigenvalue weighted by molar-refractivity contribution is -0.125. The number of hydrogen-bond donors (Lipinski definition) is 1. The van der Waals surface area contributed by atoms with Crippen LogP contribution in [0, 0.1) is 22.8 Å². The van der Waals surface area contributed by atoms with Gasteiger partial charge in [-0.05, 0) is 43.7 Å². The Morgan fingerprint density at radius 1 is 1.33 bits per heavy atom. The molecule has 0 spiro atoms. The topological polar surface area (TPSA) is 75.0 Å². The highest BCUT2D eigenvalue weighted by Crippen LogP contribution is 2.24. The molecule has 0 aliphatic rings. The predicted octanol–water partition coefficient (Wildman–Crippen LogP) is 4.29. The smallest absolute Gasteiger partial charge is 0.273 e. The summed E-state index contributed by atoms with van der Waals surface area (Å²) in [5.41, 5.74) is 3.34. The number of hydrogen-bond acceptors (Lipinski definition) is 6. The summed E-state index contributed by atoms with van der Waals surface area (Å²) in [6, 6.07) is 9.68. The minimum absolute atomic E-state index is 0.325. The quantitative estimate of drug-likeness (QED) is 0.380. The van der Waals surface area contributed by atoms with Gasteiger partial charge >= 0.3 is 0 Å². The number of ether oxygens (including phenoxy) is 1. The molecule has 5 nitrogen and oxygen atoms in total. The van der Waals surface area contributed by atoms with Crippen LogP contribution in [0.15, 0.2) is 30.5 Å². The molecule has 1 heterocycles. The van der Waals surface area contributed by atoms with Gasteiger partial charge in [-0.3, -0.25) is 9.78 Å². The van der Waals surface area contributed by atoms with Crippen LogP contribution in [0.2, 0.25) is 19.6 Å². The number of carbonyl (C=O) groups excluding carboxylic acids is 1. The number of pyridine rings is 1. The standard InChI is InChI=1S/C22H27N3O2S2Si/c1-22(14-23,15-28-2)25-20(26)21(29-3)27-18-7-8-19-17(12-18)11-16(13-24-19)9-10-30(4,5)6/h7-8,11-13,21H,15H2,1-6H3,(H,25,26). The molecule has 0 radical (unpaired) electrons. The van der Waals surface area contributed by atoms with Crippen LogP contribution < -0.4 is 10.1 Å². The predicted molar refractivity (Wildman–Crippen MR) is 130 cm³/mol. The van der Waals surface area contributed by atoms with E-state index in [1.807, 2.05) is 24.5 Å². The zero-order chi connectivity index (χ0) is 22.4. The molecule has 8 heteroatoms. The Labute approximate surface area is 188 Å². The van der Waals surface area contributed by atoms with Gasteiger partial charge in [0.1, 0.15) is 19.4 Å². The number of rotatable bonds is 7. The Balaban J connectivity index is 2.23. The van der Waals surface area contributed by atoms with Gasteiger partial charge in [-0.1, -0.05) is 25.6 Å². The zero-order valence-electron chi connectivity index (χ0n) is 18.2. The zero-order valence-corrected chi connectivity index (χ0v) is 20.8. The molecule has 1 N–H and O–H groups in total. The van der Waals surface area contributed by atoms with Crippen molar-refractivity contribution in [1.29, 1.82) is 5.26 Å². The van der Waals surface area contributed by atoms with E-state index in [1.54, 1.807) is 25.4 Å². The van der Waals surface area contributed by atoms with E-state index in [-0.39, 0.29) is 5.91 Å². The summed E-state index contributed by atoms with van der Waals surface area (Å²) < 4.78 is 5.93. The van der Waals surface area contributed by atoms with Crippen LogP contribution in [0.5, 0.6) is 5.75 Å². The van der Waals surface area contributed by atoms with E-state index in [0.29, 0.717) is 11.5 Å². The summed E-state index contributed by atoms with van der Waals surface area (Å²) in [6.45, 7) is 8.31. The fourth-order valence-electron chi connectivity index (χ4n) is 2.56. The van der Waals surface area contributed by atoms with E-state index in [9.17, 15) is 10.1 Å². The Kier molecular flexibility index (Phi) is 8.25. The first-order valence-electron chi connectivity index (χ1n) is 9.44. The van der Waals surface area contributed by atoms with Gasteiger partial charge in [0.05, 0.1) is 11.6 Å². The van der Waals surface area contributed by atoms with E-state index in [1.165, 1.54) is 23.5 Å². The summed E-state index contributed by atoms with van der Waals surface area (Å²) in [5.74, 6) is 3.96. The van der Waals surface area contributed by atoms with Crippen molar-refractivity contribution in [3.63, 3.8) is 0 Å². The number of benzene rings is 1. The molecular weight excluding hydrogens is 430 g/mol. The van der Waals surface area contributed by atoms with Gasteiger partial charge in [-0.25, -0.2) is 0 Å². The van der Waals surface area contributed by atoms with Gasteiger partial charge in [0.25, 0.3) is 5.91 Å². The van der Waals surface area contributed by atoms with Gasteiger partial charge in [-0.15, -0.1) is 17.3 Å². The maximum absolute atomic E-state index is 12.7. The molecule has 1 amide bonds. The lowest BCUT2D eigenvalue weighted by Gasteiger charge is -2.25. The van der Waals surface area contributed by atoms with Crippen LogP contribution in [-0.2, 0) is 4.79 Å². The molecule has 0 aliphatic carbocycles. The van der Waals surface area contributed by atoms with Crippen LogP contribution >= 0.6 is 23.5 Å². The Morgan fingerprint density at radius 2 is 2.07 bits per heavy atom. The van der Waals surface area contributed by atoms with Crippen molar-refractivity contribution in [3.8, 4) is 23.3 Å². The van der Waals surface area contributed by atoms with Crippen LogP contribution in [-0.4, -0.2) is 48.2 Å². The highest BCUT2D eigenvalue weighted by Gasteiger charge is 2.30. The molecule has 2 rings (SSSR count). The summed E-state index contributed by atoms with van der Waals surface area (Å²) in [5, 5.41) is 13.1. The fraction of sp³-hybridized carbons (Fsp3) is 0.409. The largest absolute Gasteiger partial charge is 0.470 e. The van der Waals surface area contributed by atoms with Gasteiger partial charge in [0, 0.05) is 22.9 Å². The number of nitrogens with zero attached hydrogens (tertiary/aromatic N) is 2. The lowest BCUT2D eigenvalue weighted by atomic mass is 10.1. The van der Waals surface area contributed by atoms with Crippen molar-refractivity contribution in [2.24, 2.45) is 0 Å². The molecule has 0 saturated carbocycles. The first-order chi connectivity index (χ1) is 14.1. The van der Waals surface area contributed by atoms with E-state index in [0.717, 1.165) is 16.5 Å². The molecular formula is C22H27N3O2S2Si. The molecule has 0 aliphatic heterocycles. The second-order valence-electron chi connectivity index (χ2n) is 8.13. The first-order valence-corrected chi connectivity index (χ1v) is 15.6. The number of fused-ring (bicyclic) bond motifs is 1. The Bertz CT molecular complexity index is 1020. The Hall–Kier alpha value is -2.13. The summed E-state index contributed by atoms with van der Waals surface area (Å²) >= 11 is 2.78. The van der Waals surface area contributed by atoms with Crippen molar-refractivity contribution >= 4 is 48.4 Å². The first kappa shape index (κ1) is 24.1. The normalized spacial score (nSPS) is 14.0. The van der Waals surface area contributed by atoms with Gasteiger partial charge in [0.2, 0.25) is 5.44 Å². The van der Waals surface area contributed by atoms with E-state index >= 15 is 0 Å². The van der Waals surface area contributed by atoms with Gasteiger partial charge < -0.3 is 10.1 Å². The molecule has 0 fully saturated rings. The van der Waals surface area contributed by atoms with E-state index in [4.69, 9.17) is 4.74 Å². The highest BCUT2D eigenvalue weighted by atomic mass is 32.2. The molecule has 2 atom stereocenters. The van der Waals surface area contributed by atoms with Crippen LogP contribution in [0.4, 0.5) is 0 Å². The number of nitrogens with one attached hydrogen (secondary N) is 1. The number of amides is 1. The monoisotopic (exact) mass is 457 g/mol. The molecule has 158 valence electrons. The van der Waals surface area contributed by atoms with Crippen molar-refractivity contribution < 1.29 is 9.53 Å². The summed E-state index contributed by atoms with van der Waals surface area (Å²) in [4.78, 5) is 17.2. The van der Waals surface area contributed by atoms with Crippen molar-refractivity contribution in [2.75, 3.05) is 18.3 Å². The molecule has 1 aromatic heterocycles. The van der Waals surface area contributed by atoms with Gasteiger partial charge in [0.15, 0.2) is 0 Å². The lowest BCUT2D eigenvalue weighted by Crippen LogP contribution is -2.51. The third-order valence-corrected chi connectivity index (χ3v) is 6.46. The van der Waals surface area contributed by atoms with Gasteiger partial charge in [-0.2, -0.15) is 17.0 Å². The minimum atomic E-state index is -1.47. The van der Waals surface area contributed by atoms with E-state index < -0.39 is 19.0 Å². The molecule has 2 aromatic rings. The molecule has 0 saturated heterocycles. The van der Waals surface area contributed by atoms with Crippen molar-refractivity contribution in [2.45, 2.75) is 37.5 Å². The summed E-state index contributed by atoms with van der Waals surface area (Å²) in [7, 11) is -1.47. The highest BCUT2D eigenvalue weighted by molar-refractivity contribution is 7.99. The average Bonchev–Trinajstić information content (AvgIpc) is 2.69. The van der Waals surface area contributed by atoms with Crippen LogP contribution in [0.25, 0.3) is 10.9 Å². The maximum Gasteiger partial charge on any atom is 0.273 e. The number of carbonyl (C=O) groups is 1. The fourth-order valence-corrected chi connectivity index (χ4v) is 4.27. The molecule has 30 heavy (non-hydrogen) atoms. The number of nitriles is 1. The molecule has 1 aromatic carbocycles. The molecule has 0 bridgehead atoms. The molecule has 2 unspecified atom stereocenters. The maximum atomic E-state index is 12.7. The van der Waals surface area contributed by atoms with Crippen LogP contribution in [0.1, 0.15) is 12.5 Å². The van der Waals surface area contributed by atoms with Crippen molar-refractivity contribution in [3.05, 3.63) is 36.0 Å².